The summed E-state index contributed by atoms with van der Waals surface area (Å²) in [5.74, 6) is -0.238. The molecule has 6 heteroatoms. The number of cyclic esters (lactones) is 1. The summed E-state index contributed by atoms with van der Waals surface area (Å²) in [4.78, 5) is 25.3. The molecule has 1 N–H and O–H groups in total. The van der Waals surface area contributed by atoms with E-state index in [0.29, 0.717) is 35.1 Å². The van der Waals surface area contributed by atoms with Crippen LogP contribution in [0.25, 0.3) is 0 Å². The Balaban J connectivity index is 1.76. The van der Waals surface area contributed by atoms with Crippen molar-refractivity contribution in [2.24, 2.45) is 0 Å². The highest BCUT2D eigenvalue weighted by atomic mass is 35.5. The molecule has 2 aromatic carbocycles. The Hall–Kier alpha value is -2.53. The van der Waals surface area contributed by atoms with Gasteiger partial charge in [0.1, 0.15) is 6.61 Å². The lowest BCUT2D eigenvalue weighted by Crippen LogP contribution is -2.23. The Labute approximate surface area is 132 Å². The maximum atomic E-state index is 12.2. The van der Waals surface area contributed by atoms with Crippen LogP contribution >= 0.6 is 11.6 Å². The van der Waals surface area contributed by atoms with E-state index in [9.17, 15) is 9.59 Å². The third-order valence-electron chi connectivity index (χ3n) is 3.28. The van der Waals surface area contributed by atoms with Crippen molar-refractivity contribution in [1.29, 1.82) is 0 Å². The highest BCUT2D eigenvalue weighted by Gasteiger charge is 2.23. The normalized spacial score (nSPS) is 13.9. The molecule has 112 valence electrons. The van der Waals surface area contributed by atoms with Crippen LogP contribution in [0.1, 0.15) is 10.4 Å². The van der Waals surface area contributed by atoms with Gasteiger partial charge in [0.15, 0.2) is 0 Å². The molecule has 0 aromatic heterocycles. The van der Waals surface area contributed by atoms with Crippen LogP contribution in [0.2, 0.25) is 5.02 Å². The minimum Gasteiger partial charge on any atom is -0.447 e. The van der Waals surface area contributed by atoms with Crippen molar-refractivity contribution < 1.29 is 14.3 Å². The Morgan fingerprint density at radius 3 is 2.64 bits per heavy atom. The predicted molar refractivity (Wildman–Crippen MR) is 84.5 cm³/mol. The molecule has 0 atom stereocenters. The van der Waals surface area contributed by atoms with E-state index in [0.717, 1.165) is 0 Å². The number of benzene rings is 2. The molecule has 2 amide bonds. The van der Waals surface area contributed by atoms with Gasteiger partial charge in [-0.2, -0.15) is 0 Å². The molecule has 1 saturated heterocycles. The topological polar surface area (TPSA) is 58.6 Å². The molecule has 0 saturated carbocycles. The van der Waals surface area contributed by atoms with Crippen molar-refractivity contribution in [3.05, 3.63) is 59.1 Å². The zero-order valence-electron chi connectivity index (χ0n) is 11.6. The van der Waals surface area contributed by atoms with E-state index in [4.69, 9.17) is 16.3 Å². The van der Waals surface area contributed by atoms with Gasteiger partial charge in [0.25, 0.3) is 5.91 Å². The lowest BCUT2D eigenvalue weighted by molar-refractivity contribution is 0.102. The van der Waals surface area contributed by atoms with E-state index in [2.05, 4.69) is 5.32 Å². The average molecular weight is 317 g/mol. The van der Waals surface area contributed by atoms with Crippen molar-refractivity contribution in [3.8, 4) is 0 Å². The summed E-state index contributed by atoms with van der Waals surface area (Å²) in [6.07, 6.45) is -0.374. The molecular formula is C16H13ClN2O3. The number of halogens is 1. The second kappa shape index (κ2) is 6.07. The van der Waals surface area contributed by atoms with Gasteiger partial charge in [-0.1, -0.05) is 17.7 Å². The van der Waals surface area contributed by atoms with Crippen LogP contribution in [0.4, 0.5) is 16.2 Å². The van der Waals surface area contributed by atoms with Crippen LogP contribution in [-0.4, -0.2) is 25.2 Å². The monoisotopic (exact) mass is 316 g/mol. The SMILES string of the molecule is O=C(Nc1cccc(N2CCOC2=O)c1)c1ccc(Cl)cc1. The van der Waals surface area contributed by atoms with E-state index in [1.54, 1.807) is 48.5 Å². The number of carbonyl (C=O) groups excluding carboxylic acids is 2. The highest BCUT2D eigenvalue weighted by Crippen LogP contribution is 2.23. The summed E-state index contributed by atoms with van der Waals surface area (Å²) in [7, 11) is 0. The number of nitrogens with one attached hydrogen (secondary N) is 1. The molecule has 1 aliphatic rings. The van der Waals surface area contributed by atoms with Crippen LogP contribution in [-0.2, 0) is 4.74 Å². The van der Waals surface area contributed by atoms with Gasteiger partial charge in [-0.15, -0.1) is 0 Å². The largest absolute Gasteiger partial charge is 0.447 e. The zero-order valence-corrected chi connectivity index (χ0v) is 12.3. The first-order chi connectivity index (χ1) is 10.6. The predicted octanol–water partition coefficient (Wildman–Crippen LogP) is 3.55. The number of rotatable bonds is 3. The lowest BCUT2D eigenvalue weighted by Gasteiger charge is -2.14. The van der Waals surface area contributed by atoms with E-state index >= 15 is 0 Å². The van der Waals surface area contributed by atoms with Crippen LogP contribution in [0.15, 0.2) is 48.5 Å². The highest BCUT2D eigenvalue weighted by molar-refractivity contribution is 6.30. The van der Waals surface area contributed by atoms with Gasteiger partial charge in [0, 0.05) is 22.0 Å². The Kier molecular flexibility index (Phi) is 3.98. The molecular weight excluding hydrogens is 304 g/mol. The Bertz CT molecular complexity index is 716. The third kappa shape index (κ3) is 3.04. The van der Waals surface area contributed by atoms with E-state index in [1.807, 2.05) is 0 Å². The fourth-order valence-corrected chi connectivity index (χ4v) is 2.31. The lowest BCUT2D eigenvalue weighted by atomic mass is 10.2. The van der Waals surface area contributed by atoms with E-state index in [1.165, 1.54) is 4.90 Å². The van der Waals surface area contributed by atoms with Crippen LogP contribution < -0.4 is 10.2 Å². The van der Waals surface area contributed by atoms with Crippen molar-refractivity contribution in [2.75, 3.05) is 23.4 Å². The van der Waals surface area contributed by atoms with E-state index in [-0.39, 0.29) is 12.0 Å². The van der Waals surface area contributed by atoms with Gasteiger partial charge in [-0.3, -0.25) is 9.69 Å². The number of hydrogen-bond donors (Lipinski definition) is 1. The van der Waals surface area contributed by atoms with Crippen molar-refractivity contribution in [1.82, 2.24) is 0 Å². The molecule has 5 nitrogen and oxygen atoms in total. The van der Waals surface area contributed by atoms with Gasteiger partial charge < -0.3 is 10.1 Å². The molecule has 0 spiro atoms. The minimum absolute atomic E-state index is 0.238. The number of amides is 2. The zero-order chi connectivity index (χ0) is 15.5. The van der Waals surface area contributed by atoms with E-state index < -0.39 is 0 Å². The first kappa shape index (κ1) is 14.4. The summed E-state index contributed by atoms with van der Waals surface area (Å²) in [6, 6.07) is 13.7. The molecule has 22 heavy (non-hydrogen) atoms. The Morgan fingerprint density at radius 1 is 1.18 bits per heavy atom. The maximum absolute atomic E-state index is 12.2. The molecule has 0 bridgehead atoms. The van der Waals surface area contributed by atoms with Gasteiger partial charge >= 0.3 is 6.09 Å². The van der Waals surface area contributed by atoms with Crippen LogP contribution in [0.3, 0.4) is 0 Å². The minimum atomic E-state index is -0.374. The first-order valence-electron chi connectivity index (χ1n) is 6.75. The van der Waals surface area contributed by atoms with Crippen molar-refractivity contribution in [2.45, 2.75) is 0 Å². The number of ether oxygens (including phenoxy) is 1. The summed E-state index contributed by atoms with van der Waals surface area (Å²) in [5.41, 5.74) is 1.81. The Morgan fingerprint density at radius 2 is 1.95 bits per heavy atom. The standard InChI is InChI=1S/C16H13ClN2O3/c17-12-6-4-11(5-7-12)15(20)18-13-2-1-3-14(10-13)19-8-9-22-16(19)21/h1-7,10H,8-9H2,(H,18,20). The average Bonchev–Trinajstić information content (AvgIpc) is 2.94. The molecule has 3 rings (SSSR count). The van der Waals surface area contributed by atoms with Crippen molar-refractivity contribution >= 4 is 35.0 Å². The molecule has 1 fully saturated rings. The maximum Gasteiger partial charge on any atom is 0.414 e. The third-order valence-corrected chi connectivity index (χ3v) is 3.53. The summed E-state index contributed by atoms with van der Waals surface area (Å²) in [5, 5.41) is 3.37. The number of anilines is 2. The van der Waals surface area contributed by atoms with Gasteiger partial charge in [-0.05, 0) is 42.5 Å². The first-order valence-corrected chi connectivity index (χ1v) is 7.12. The van der Waals surface area contributed by atoms with Crippen LogP contribution in [0, 0.1) is 0 Å². The quantitative estimate of drug-likeness (QED) is 0.942. The number of nitrogens with zero attached hydrogens (tertiary/aromatic N) is 1. The number of hydrogen-bond acceptors (Lipinski definition) is 3. The van der Waals surface area contributed by atoms with Gasteiger partial charge in [0.2, 0.25) is 0 Å². The second-order valence-corrected chi connectivity index (χ2v) is 5.21. The summed E-state index contributed by atoms with van der Waals surface area (Å²) < 4.78 is 4.91. The molecule has 0 unspecified atom stereocenters. The molecule has 0 aliphatic carbocycles. The smallest absolute Gasteiger partial charge is 0.414 e. The second-order valence-electron chi connectivity index (χ2n) is 4.78. The molecule has 1 aliphatic heterocycles. The summed E-state index contributed by atoms with van der Waals surface area (Å²) in [6.45, 7) is 0.883. The van der Waals surface area contributed by atoms with Gasteiger partial charge in [0.05, 0.1) is 6.54 Å². The number of carbonyl (C=O) groups is 2. The molecule has 2 aromatic rings. The fourth-order valence-electron chi connectivity index (χ4n) is 2.18. The van der Waals surface area contributed by atoms with Crippen molar-refractivity contribution in [3.63, 3.8) is 0 Å². The molecule has 1 heterocycles. The fraction of sp³-hybridized carbons (Fsp3) is 0.125. The van der Waals surface area contributed by atoms with Gasteiger partial charge in [-0.25, -0.2) is 4.79 Å². The summed E-state index contributed by atoms with van der Waals surface area (Å²) >= 11 is 5.80. The van der Waals surface area contributed by atoms with Crippen LogP contribution in [0.5, 0.6) is 0 Å². The molecule has 0 radical (unpaired) electrons.